The molecule has 1 amide bonds. The van der Waals surface area contributed by atoms with Crippen LogP contribution in [0, 0.1) is 0 Å². The van der Waals surface area contributed by atoms with E-state index < -0.39 is 0 Å². The number of rotatable bonds is 9. The molecule has 0 aliphatic heterocycles. The number of hydrogen-bond acceptors (Lipinski definition) is 6. The maximum atomic E-state index is 11.7. The standard InChI is InChI=1S/C16H21N3O4/c1-21-11-3-10-17-14(20)8-9-15-18-19-16(23-15)12-4-6-13(22-2)7-5-12/h4-7H,3,8-11H2,1-2H3,(H,17,20). The number of aromatic nitrogens is 2. The number of carbonyl (C=O) groups excluding carboxylic acids is 1. The Morgan fingerprint density at radius 2 is 2.00 bits per heavy atom. The van der Waals surface area contributed by atoms with Crippen molar-refractivity contribution in [2.24, 2.45) is 0 Å². The summed E-state index contributed by atoms with van der Waals surface area (Å²) in [7, 11) is 3.25. The maximum absolute atomic E-state index is 11.7. The van der Waals surface area contributed by atoms with Crippen LogP contribution in [0.2, 0.25) is 0 Å². The molecule has 1 N–H and O–H groups in total. The summed E-state index contributed by atoms with van der Waals surface area (Å²) in [6.45, 7) is 1.24. The molecule has 0 unspecified atom stereocenters. The van der Waals surface area contributed by atoms with E-state index in [9.17, 15) is 4.79 Å². The topological polar surface area (TPSA) is 86.5 Å². The Morgan fingerprint density at radius 1 is 1.22 bits per heavy atom. The number of carbonyl (C=O) groups is 1. The Balaban J connectivity index is 1.81. The second kappa shape index (κ2) is 8.89. The molecule has 23 heavy (non-hydrogen) atoms. The molecule has 2 aromatic rings. The number of benzene rings is 1. The van der Waals surface area contributed by atoms with Gasteiger partial charge in [-0.1, -0.05) is 0 Å². The van der Waals surface area contributed by atoms with Gasteiger partial charge in [-0.25, -0.2) is 0 Å². The zero-order chi connectivity index (χ0) is 16.5. The van der Waals surface area contributed by atoms with Gasteiger partial charge < -0.3 is 19.2 Å². The number of amides is 1. The lowest BCUT2D eigenvalue weighted by Gasteiger charge is -2.03. The molecular weight excluding hydrogens is 298 g/mol. The van der Waals surface area contributed by atoms with Crippen LogP contribution in [0.4, 0.5) is 0 Å². The highest BCUT2D eigenvalue weighted by Crippen LogP contribution is 2.21. The first-order valence-corrected chi connectivity index (χ1v) is 7.45. The number of hydrogen-bond donors (Lipinski definition) is 1. The van der Waals surface area contributed by atoms with Crippen molar-refractivity contribution in [1.82, 2.24) is 15.5 Å². The van der Waals surface area contributed by atoms with Crippen molar-refractivity contribution in [2.45, 2.75) is 19.3 Å². The predicted octanol–water partition coefficient (Wildman–Crippen LogP) is 1.83. The lowest BCUT2D eigenvalue weighted by Crippen LogP contribution is -2.25. The van der Waals surface area contributed by atoms with E-state index in [2.05, 4.69) is 15.5 Å². The molecule has 0 bridgehead atoms. The lowest BCUT2D eigenvalue weighted by molar-refractivity contribution is -0.121. The van der Waals surface area contributed by atoms with E-state index >= 15 is 0 Å². The van der Waals surface area contributed by atoms with Gasteiger partial charge in [0.2, 0.25) is 17.7 Å². The zero-order valence-electron chi connectivity index (χ0n) is 13.4. The van der Waals surface area contributed by atoms with Crippen molar-refractivity contribution in [2.75, 3.05) is 27.4 Å². The van der Waals surface area contributed by atoms with Crippen LogP contribution in [-0.4, -0.2) is 43.5 Å². The molecule has 1 heterocycles. The van der Waals surface area contributed by atoms with Gasteiger partial charge in [0.1, 0.15) is 5.75 Å². The Morgan fingerprint density at radius 3 is 2.70 bits per heavy atom. The minimum Gasteiger partial charge on any atom is -0.497 e. The Bertz CT molecular complexity index is 610. The summed E-state index contributed by atoms with van der Waals surface area (Å²) < 4.78 is 15.6. The van der Waals surface area contributed by atoms with E-state index in [-0.39, 0.29) is 5.91 Å². The van der Waals surface area contributed by atoms with Crippen LogP contribution in [-0.2, 0) is 16.0 Å². The monoisotopic (exact) mass is 319 g/mol. The molecule has 0 saturated heterocycles. The number of ether oxygens (including phenoxy) is 2. The first-order chi connectivity index (χ1) is 11.2. The van der Waals surface area contributed by atoms with Crippen LogP contribution in [0.25, 0.3) is 11.5 Å². The second-order valence-corrected chi connectivity index (χ2v) is 4.93. The fourth-order valence-corrected chi connectivity index (χ4v) is 1.96. The Kier molecular flexibility index (Phi) is 6.56. The molecule has 7 heteroatoms. The van der Waals surface area contributed by atoms with Crippen molar-refractivity contribution in [3.05, 3.63) is 30.2 Å². The summed E-state index contributed by atoms with van der Waals surface area (Å²) >= 11 is 0. The van der Waals surface area contributed by atoms with Crippen LogP contribution in [0.15, 0.2) is 28.7 Å². The fourth-order valence-electron chi connectivity index (χ4n) is 1.96. The highest BCUT2D eigenvalue weighted by molar-refractivity contribution is 5.75. The third kappa shape index (κ3) is 5.37. The van der Waals surface area contributed by atoms with Crippen molar-refractivity contribution in [3.63, 3.8) is 0 Å². The molecule has 0 aliphatic rings. The molecule has 1 aromatic carbocycles. The van der Waals surface area contributed by atoms with Crippen LogP contribution >= 0.6 is 0 Å². The number of nitrogens with one attached hydrogen (secondary N) is 1. The summed E-state index contributed by atoms with van der Waals surface area (Å²) in [5.74, 6) is 1.61. The van der Waals surface area contributed by atoms with E-state index in [0.29, 0.717) is 37.8 Å². The highest BCUT2D eigenvalue weighted by Gasteiger charge is 2.10. The number of aryl methyl sites for hydroxylation is 1. The zero-order valence-corrected chi connectivity index (χ0v) is 13.4. The smallest absolute Gasteiger partial charge is 0.247 e. The summed E-state index contributed by atoms with van der Waals surface area (Å²) in [5.41, 5.74) is 0.813. The highest BCUT2D eigenvalue weighted by atomic mass is 16.5. The van der Waals surface area contributed by atoms with Crippen LogP contribution in [0.1, 0.15) is 18.7 Å². The first kappa shape index (κ1) is 17.0. The molecule has 0 saturated carbocycles. The molecule has 7 nitrogen and oxygen atoms in total. The van der Waals surface area contributed by atoms with E-state index in [1.54, 1.807) is 14.2 Å². The minimum absolute atomic E-state index is 0.0368. The quantitative estimate of drug-likeness (QED) is 0.710. The van der Waals surface area contributed by atoms with E-state index in [1.807, 2.05) is 24.3 Å². The Hall–Kier alpha value is -2.41. The largest absolute Gasteiger partial charge is 0.497 e. The fraction of sp³-hybridized carbons (Fsp3) is 0.438. The lowest BCUT2D eigenvalue weighted by atomic mass is 10.2. The summed E-state index contributed by atoms with van der Waals surface area (Å²) in [5, 5.41) is 10.8. The predicted molar refractivity (Wildman–Crippen MR) is 84.1 cm³/mol. The molecular formula is C16H21N3O4. The van der Waals surface area contributed by atoms with E-state index in [0.717, 1.165) is 17.7 Å². The SMILES string of the molecule is COCCCNC(=O)CCc1nnc(-c2ccc(OC)cc2)o1. The molecule has 2 rings (SSSR count). The first-order valence-electron chi connectivity index (χ1n) is 7.45. The van der Waals surface area contributed by atoms with Crippen LogP contribution in [0.3, 0.4) is 0 Å². The third-order valence-electron chi connectivity index (χ3n) is 3.22. The molecule has 0 spiro atoms. The van der Waals surface area contributed by atoms with Crippen molar-refractivity contribution >= 4 is 5.91 Å². The summed E-state index contributed by atoms with van der Waals surface area (Å²) in [6.07, 6.45) is 1.53. The van der Waals surface area contributed by atoms with Crippen molar-refractivity contribution in [3.8, 4) is 17.2 Å². The van der Waals surface area contributed by atoms with Gasteiger partial charge in [0.25, 0.3) is 0 Å². The van der Waals surface area contributed by atoms with Gasteiger partial charge in [-0.2, -0.15) is 0 Å². The van der Waals surface area contributed by atoms with Crippen molar-refractivity contribution < 1.29 is 18.7 Å². The minimum atomic E-state index is -0.0368. The van der Waals surface area contributed by atoms with Gasteiger partial charge in [-0.3, -0.25) is 4.79 Å². The van der Waals surface area contributed by atoms with Gasteiger partial charge >= 0.3 is 0 Å². The van der Waals surface area contributed by atoms with Gasteiger partial charge in [-0.15, -0.1) is 10.2 Å². The van der Waals surface area contributed by atoms with Crippen LogP contribution < -0.4 is 10.1 Å². The third-order valence-corrected chi connectivity index (χ3v) is 3.22. The van der Waals surface area contributed by atoms with Crippen molar-refractivity contribution in [1.29, 1.82) is 0 Å². The van der Waals surface area contributed by atoms with E-state index in [4.69, 9.17) is 13.9 Å². The van der Waals surface area contributed by atoms with Gasteiger partial charge in [0.15, 0.2) is 0 Å². The van der Waals surface area contributed by atoms with E-state index in [1.165, 1.54) is 0 Å². The molecule has 1 aromatic heterocycles. The molecule has 0 radical (unpaired) electrons. The second-order valence-electron chi connectivity index (χ2n) is 4.93. The number of nitrogens with zero attached hydrogens (tertiary/aromatic N) is 2. The Labute approximate surface area is 135 Å². The van der Waals surface area contributed by atoms with Gasteiger partial charge in [0, 0.05) is 38.7 Å². The maximum Gasteiger partial charge on any atom is 0.247 e. The van der Waals surface area contributed by atoms with Gasteiger partial charge in [-0.05, 0) is 30.7 Å². The molecule has 124 valence electrons. The average Bonchev–Trinajstić information content (AvgIpc) is 3.06. The summed E-state index contributed by atoms with van der Waals surface area (Å²) in [4.78, 5) is 11.7. The van der Waals surface area contributed by atoms with Gasteiger partial charge in [0.05, 0.1) is 7.11 Å². The normalized spacial score (nSPS) is 10.5. The van der Waals surface area contributed by atoms with Crippen LogP contribution in [0.5, 0.6) is 5.75 Å². The average molecular weight is 319 g/mol. The number of methoxy groups -OCH3 is 2. The molecule has 0 aliphatic carbocycles. The molecule has 0 fully saturated rings. The summed E-state index contributed by atoms with van der Waals surface area (Å²) in [6, 6.07) is 7.34. The molecule has 0 atom stereocenters.